The molecule has 0 saturated heterocycles. The van der Waals surface area contributed by atoms with Gasteiger partial charge in [-0.05, 0) is 6.92 Å². The fourth-order valence-electron chi connectivity index (χ4n) is 1.43. The Morgan fingerprint density at radius 3 is 0.857 bits per heavy atom. The molecule has 0 N–H and O–H groups in total. The van der Waals surface area contributed by atoms with Crippen LogP contribution in [0.5, 0.6) is 0 Å². The van der Waals surface area contributed by atoms with Crippen LogP contribution in [-0.2, 0) is 0 Å². The largest absolute Gasteiger partial charge is 0.460 e. The SMILES string of the molecule is CC(Br)C(F)(F)C(F)(F)C(F)(F)C(F)(F)C(F)(F)C(F)(F)C(F)(F)C(F)(F)F. The molecule has 1 atom stereocenters. The molecule has 0 rings (SSSR count). The molecule has 0 aromatic rings. The molecule has 0 aromatic carbocycles. The van der Waals surface area contributed by atoms with Gasteiger partial charge in [-0.25, -0.2) is 0 Å². The number of alkyl halides is 18. The smallest absolute Gasteiger partial charge is 0.198 e. The zero-order valence-electron chi connectivity index (χ0n) is 12.4. The zero-order valence-corrected chi connectivity index (χ0v) is 14.0. The second kappa shape index (κ2) is 6.65. The van der Waals surface area contributed by atoms with Crippen LogP contribution in [0, 0.1) is 0 Å². The van der Waals surface area contributed by atoms with Crippen molar-refractivity contribution in [3.63, 3.8) is 0 Å². The molecule has 0 heterocycles. The van der Waals surface area contributed by atoms with E-state index in [9.17, 15) is 74.6 Å². The van der Waals surface area contributed by atoms with Crippen molar-refractivity contribution in [2.45, 2.75) is 59.4 Å². The first-order valence-electron chi connectivity index (χ1n) is 6.05. The predicted molar refractivity (Wildman–Crippen MR) is 59.1 cm³/mol. The van der Waals surface area contributed by atoms with E-state index in [0.717, 1.165) is 0 Å². The van der Waals surface area contributed by atoms with Gasteiger partial charge in [-0.3, -0.25) is 0 Å². The molecule has 18 heteroatoms. The highest BCUT2D eigenvalue weighted by Crippen LogP contribution is 2.64. The first-order valence-corrected chi connectivity index (χ1v) is 6.96. The second-order valence-corrected chi connectivity index (χ2v) is 6.56. The summed E-state index contributed by atoms with van der Waals surface area (Å²) in [6, 6.07) is 0. The van der Waals surface area contributed by atoms with Crippen molar-refractivity contribution >= 4 is 15.9 Å². The van der Waals surface area contributed by atoms with Crippen molar-refractivity contribution in [3.8, 4) is 0 Å². The molecular weight excluding hydrogens is 523 g/mol. The van der Waals surface area contributed by atoms with Gasteiger partial charge in [0.2, 0.25) is 0 Å². The van der Waals surface area contributed by atoms with Crippen LogP contribution in [0.15, 0.2) is 0 Å². The summed E-state index contributed by atoms with van der Waals surface area (Å²) in [4.78, 5) is -3.21. The van der Waals surface area contributed by atoms with Gasteiger partial charge >= 0.3 is 47.6 Å². The van der Waals surface area contributed by atoms with Gasteiger partial charge in [-0.1, -0.05) is 15.9 Å². The molecule has 1 unspecified atom stereocenters. The minimum absolute atomic E-state index is 0.104. The van der Waals surface area contributed by atoms with Crippen molar-refractivity contribution < 1.29 is 74.6 Å². The summed E-state index contributed by atoms with van der Waals surface area (Å²) in [5.74, 6) is -56.0. The van der Waals surface area contributed by atoms with Gasteiger partial charge in [0.15, 0.2) is 0 Å². The van der Waals surface area contributed by atoms with Crippen LogP contribution in [-0.4, -0.2) is 52.5 Å². The summed E-state index contributed by atoms with van der Waals surface area (Å²) >= 11 is 1.53. The van der Waals surface area contributed by atoms with Gasteiger partial charge in [0.1, 0.15) is 0 Å². The monoisotopic (exact) mass is 526 g/mol. The standard InChI is InChI=1S/C10H4BrF17/c1-2(11)3(12,13)4(14,15)5(16,17)6(18,19)7(20,21)8(22,23)9(24,25)10(26,27)28/h2H,1H3. The lowest BCUT2D eigenvalue weighted by atomic mass is 9.88. The summed E-state index contributed by atoms with van der Waals surface area (Å²) in [5, 5.41) is 0. The zero-order chi connectivity index (χ0) is 23.6. The third-order valence-corrected chi connectivity index (χ3v) is 3.82. The van der Waals surface area contributed by atoms with Crippen molar-refractivity contribution in [3.05, 3.63) is 0 Å². The maximum Gasteiger partial charge on any atom is 0.460 e. The van der Waals surface area contributed by atoms with Crippen LogP contribution < -0.4 is 0 Å². The second-order valence-electron chi connectivity index (χ2n) is 5.18. The van der Waals surface area contributed by atoms with Gasteiger partial charge in [-0.2, -0.15) is 74.6 Å². The summed E-state index contributed by atoms with van der Waals surface area (Å²) < 4.78 is 218. The maximum absolute atomic E-state index is 13.2. The highest BCUT2D eigenvalue weighted by atomic mass is 79.9. The topological polar surface area (TPSA) is 0 Å². The average Bonchev–Trinajstić information content (AvgIpc) is 2.44. The number of hydrogen-bond donors (Lipinski definition) is 0. The Balaban J connectivity index is 6.72. The van der Waals surface area contributed by atoms with Crippen molar-refractivity contribution in [2.24, 2.45) is 0 Å². The maximum atomic E-state index is 13.2. The van der Waals surface area contributed by atoms with Crippen LogP contribution in [0.4, 0.5) is 74.6 Å². The molecule has 0 amide bonds. The lowest BCUT2D eigenvalue weighted by molar-refractivity contribution is -0.461. The normalized spacial score (nSPS) is 17.7. The molecule has 0 aromatic heterocycles. The number of rotatable bonds is 7. The number of halogens is 18. The Morgan fingerprint density at radius 1 is 0.429 bits per heavy atom. The fourth-order valence-corrected chi connectivity index (χ4v) is 1.71. The van der Waals surface area contributed by atoms with E-state index in [1.54, 1.807) is 0 Å². The van der Waals surface area contributed by atoms with Crippen LogP contribution >= 0.6 is 15.9 Å². The molecule has 0 spiro atoms. The van der Waals surface area contributed by atoms with Crippen LogP contribution in [0.3, 0.4) is 0 Å². The third-order valence-electron chi connectivity index (χ3n) is 3.25. The van der Waals surface area contributed by atoms with E-state index in [1.165, 1.54) is 15.9 Å². The Hall–Kier alpha value is -0.710. The van der Waals surface area contributed by atoms with Crippen molar-refractivity contribution in [1.29, 1.82) is 0 Å². The molecule has 0 saturated carbocycles. The van der Waals surface area contributed by atoms with Gasteiger partial charge < -0.3 is 0 Å². The molecule has 0 fully saturated rings. The average molecular weight is 527 g/mol. The van der Waals surface area contributed by atoms with Gasteiger partial charge in [0, 0.05) is 0 Å². The highest BCUT2D eigenvalue weighted by Gasteiger charge is 2.95. The van der Waals surface area contributed by atoms with E-state index in [0.29, 0.717) is 0 Å². The van der Waals surface area contributed by atoms with Gasteiger partial charge in [-0.15, -0.1) is 0 Å². The number of hydrogen-bond acceptors (Lipinski definition) is 0. The Bertz CT molecular complexity index is 571. The van der Waals surface area contributed by atoms with Crippen LogP contribution in [0.1, 0.15) is 6.92 Å². The minimum Gasteiger partial charge on any atom is -0.198 e. The third kappa shape index (κ3) is 3.20. The summed E-state index contributed by atoms with van der Waals surface area (Å²) in [5.41, 5.74) is 0. The van der Waals surface area contributed by atoms with E-state index < -0.39 is 52.5 Å². The Kier molecular flexibility index (Phi) is 6.48. The fraction of sp³-hybridized carbons (Fsp3) is 1.00. The van der Waals surface area contributed by atoms with E-state index in [2.05, 4.69) is 0 Å². The Labute approximate surface area is 151 Å². The van der Waals surface area contributed by atoms with E-state index in [1.807, 2.05) is 0 Å². The van der Waals surface area contributed by atoms with Gasteiger partial charge in [0.25, 0.3) is 0 Å². The molecule has 0 nitrogen and oxygen atoms in total. The van der Waals surface area contributed by atoms with Crippen molar-refractivity contribution in [1.82, 2.24) is 0 Å². The molecule has 0 aliphatic rings. The summed E-state index contributed by atoms with van der Waals surface area (Å²) in [7, 11) is 0. The molecular formula is C10H4BrF17. The lowest BCUT2D eigenvalue weighted by Crippen LogP contribution is -2.75. The first-order chi connectivity index (χ1) is 11.7. The molecule has 170 valence electrons. The lowest BCUT2D eigenvalue weighted by Gasteiger charge is -2.43. The van der Waals surface area contributed by atoms with Crippen molar-refractivity contribution in [2.75, 3.05) is 0 Å². The van der Waals surface area contributed by atoms with E-state index >= 15 is 0 Å². The van der Waals surface area contributed by atoms with Gasteiger partial charge in [0.05, 0.1) is 4.83 Å². The molecule has 0 bridgehead atoms. The molecule has 0 radical (unpaired) electrons. The summed E-state index contributed by atoms with van der Waals surface area (Å²) in [6.07, 6.45) is -7.75. The van der Waals surface area contributed by atoms with Crippen LogP contribution in [0.25, 0.3) is 0 Å². The van der Waals surface area contributed by atoms with E-state index in [4.69, 9.17) is 0 Å². The van der Waals surface area contributed by atoms with E-state index in [-0.39, 0.29) is 6.92 Å². The quantitative estimate of drug-likeness (QED) is 0.253. The first kappa shape index (κ1) is 27.3. The Morgan fingerprint density at radius 2 is 0.643 bits per heavy atom. The van der Waals surface area contributed by atoms with Crippen LogP contribution in [0.2, 0.25) is 0 Å². The molecule has 0 aliphatic heterocycles. The predicted octanol–water partition coefficient (Wildman–Crippen LogP) is 6.78. The highest BCUT2D eigenvalue weighted by molar-refractivity contribution is 9.09. The molecule has 0 aliphatic carbocycles. The molecule has 28 heavy (non-hydrogen) atoms. The summed E-state index contributed by atoms with van der Waals surface area (Å²) in [6.45, 7) is -0.104. The minimum atomic E-state index is -8.59.